The Balaban J connectivity index is 1.82. The lowest BCUT2D eigenvalue weighted by atomic mass is 10.1. The number of anilines is 1. The predicted octanol–water partition coefficient (Wildman–Crippen LogP) is 5.02. The number of hydrogen-bond donors (Lipinski definition) is 1. The van der Waals surface area contributed by atoms with Crippen molar-refractivity contribution >= 4 is 23.4 Å². The summed E-state index contributed by atoms with van der Waals surface area (Å²) in [4.78, 5) is 22.8. The molecule has 7 nitrogen and oxygen atoms in total. The zero-order valence-corrected chi connectivity index (χ0v) is 15.8. The van der Waals surface area contributed by atoms with Crippen LogP contribution in [-0.4, -0.2) is 10.8 Å². The van der Waals surface area contributed by atoms with E-state index in [-0.39, 0.29) is 11.3 Å². The van der Waals surface area contributed by atoms with Crippen LogP contribution in [0.1, 0.15) is 16.9 Å². The van der Waals surface area contributed by atoms with E-state index in [1.807, 2.05) is 38.1 Å². The van der Waals surface area contributed by atoms with Gasteiger partial charge in [-0.15, -0.1) is 0 Å². The molecule has 2 aromatic carbocycles. The number of nitriles is 1. The number of nitrogens with zero attached hydrogens (tertiary/aromatic N) is 2. The lowest BCUT2D eigenvalue weighted by Crippen LogP contribution is -2.15. The van der Waals surface area contributed by atoms with Gasteiger partial charge in [0, 0.05) is 29.5 Å². The van der Waals surface area contributed by atoms with Gasteiger partial charge in [0.1, 0.15) is 23.2 Å². The molecule has 144 valence electrons. The van der Waals surface area contributed by atoms with Crippen LogP contribution < -0.4 is 5.32 Å². The molecule has 0 aliphatic rings. The fourth-order valence-electron chi connectivity index (χ4n) is 2.82. The number of nitro groups is 1. The molecule has 0 radical (unpaired) electrons. The van der Waals surface area contributed by atoms with Crippen LogP contribution in [0.4, 0.5) is 11.4 Å². The summed E-state index contributed by atoms with van der Waals surface area (Å²) >= 11 is 0. The minimum absolute atomic E-state index is 0.0182. The molecule has 0 bridgehead atoms. The molecule has 1 amide bonds. The molecule has 3 aromatic rings. The second-order valence-corrected chi connectivity index (χ2v) is 6.40. The Kier molecular flexibility index (Phi) is 5.56. The van der Waals surface area contributed by atoms with Gasteiger partial charge in [0.15, 0.2) is 0 Å². The minimum Gasteiger partial charge on any atom is -0.457 e. The summed E-state index contributed by atoms with van der Waals surface area (Å²) in [5, 5.41) is 22.9. The zero-order chi connectivity index (χ0) is 21.0. The maximum absolute atomic E-state index is 12.5. The summed E-state index contributed by atoms with van der Waals surface area (Å²) in [5.41, 5.74) is 2.99. The predicted molar refractivity (Wildman–Crippen MR) is 109 cm³/mol. The van der Waals surface area contributed by atoms with Gasteiger partial charge in [-0.1, -0.05) is 18.2 Å². The van der Waals surface area contributed by atoms with Crippen molar-refractivity contribution in [2.75, 3.05) is 5.32 Å². The van der Waals surface area contributed by atoms with Gasteiger partial charge in [-0.25, -0.2) is 0 Å². The summed E-state index contributed by atoms with van der Waals surface area (Å²) in [6, 6.07) is 16.7. The van der Waals surface area contributed by atoms with Crippen molar-refractivity contribution in [2.24, 2.45) is 0 Å². The van der Waals surface area contributed by atoms with Gasteiger partial charge < -0.3 is 9.73 Å². The number of amides is 1. The molecule has 7 heteroatoms. The summed E-state index contributed by atoms with van der Waals surface area (Å²) in [7, 11) is 0. The van der Waals surface area contributed by atoms with E-state index in [9.17, 15) is 20.2 Å². The van der Waals surface area contributed by atoms with Gasteiger partial charge in [-0.3, -0.25) is 14.9 Å². The monoisotopic (exact) mass is 387 g/mol. The Labute approximate surface area is 167 Å². The smallest absolute Gasteiger partial charge is 0.269 e. The van der Waals surface area contributed by atoms with Gasteiger partial charge in [-0.05, 0) is 49.2 Å². The van der Waals surface area contributed by atoms with E-state index in [1.165, 1.54) is 18.2 Å². The van der Waals surface area contributed by atoms with Crippen molar-refractivity contribution in [3.63, 3.8) is 0 Å². The largest absolute Gasteiger partial charge is 0.457 e. The number of carbonyl (C=O) groups excluding carboxylic acids is 1. The standard InChI is InChI=1S/C22H17N3O4/c1-14-4-3-5-15(2)21(14)24-22(26)17(13-23)12-19-10-11-20(29-19)16-6-8-18(9-7-16)25(27)28/h3-12H,1-2H3,(H,24,26). The number of rotatable bonds is 5. The molecule has 0 aliphatic heterocycles. The van der Waals surface area contributed by atoms with E-state index in [0.29, 0.717) is 22.8 Å². The van der Waals surface area contributed by atoms with Gasteiger partial charge in [0.25, 0.3) is 11.6 Å². The van der Waals surface area contributed by atoms with Crippen molar-refractivity contribution in [1.29, 1.82) is 5.26 Å². The van der Waals surface area contributed by atoms with Crippen molar-refractivity contribution in [3.05, 3.63) is 87.2 Å². The van der Waals surface area contributed by atoms with Crippen LogP contribution in [0.25, 0.3) is 17.4 Å². The first-order chi connectivity index (χ1) is 13.9. The van der Waals surface area contributed by atoms with E-state index >= 15 is 0 Å². The Morgan fingerprint density at radius 2 is 1.76 bits per heavy atom. The van der Waals surface area contributed by atoms with Crippen LogP contribution in [0.5, 0.6) is 0 Å². The average Bonchev–Trinajstić information content (AvgIpc) is 3.17. The summed E-state index contributed by atoms with van der Waals surface area (Å²) in [6.07, 6.45) is 1.36. The number of nitro benzene ring substituents is 1. The highest BCUT2D eigenvalue weighted by Gasteiger charge is 2.14. The van der Waals surface area contributed by atoms with E-state index in [4.69, 9.17) is 4.42 Å². The molecule has 0 spiro atoms. The summed E-state index contributed by atoms with van der Waals surface area (Å²) < 4.78 is 5.67. The highest BCUT2D eigenvalue weighted by Crippen LogP contribution is 2.26. The van der Waals surface area contributed by atoms with Crippen LogP contribution in [-0.2, 0) is 4.79 Å². The number of furan rings is 1. The molecule has 1 heterocycles. The van der Waals surface area contributed by atoms with E-state index in [1.54, 1.807) is 24.3 Å². The number of hydrogen-bond acceptors (Lipinski definition) is 5. The zero-order valence-electron chi connectivity index (χ0n) is 15.8. The van der Waals surface area contributed by atoms with Crippen LogP contribution in [0.15, 0.2) is 64.6 Å². The van der Waals surface area contributed by atoms with E-state index in [0.717, 1.165) is 11.1 Å². The number of para-hydroxylation sites is 1. The molecule has 0 saturated heterocycles. The van der Waals surface area contributed by atoms with Crippen LogP contribution >= 0.6 is 0 Å². The highest BCUT2D eigenvalue weighted by molar-refractivity contribution is 6.10. The Morgan fingerprint density at radius 3 is 2.34 bits per heavy atom. The normalized spacial score (nSPS) is 11.0. The van der Waals surface area contributed by atoms with Gasteiger partial charge in [0.2, 0.25) is 0 Å². The molecule has 0 aliphatic carbocycles. The Hall–Kier alpha value is -4.18. The van der Waals surface area contributed by atoms with E-state index in [2.05, 4.69) is 5.32 Å². The lowest BCUT2D eigenvalue weighted by molar-refractivity contribution is -0.384. The van der Waals surface area contributed by atoms with Gasteiger partial charge in [0.05, 0.1) is 4.92 Å². The Bertz CT molecular complexity index is 1130. The summed E-state index contributed by atoms with van der Waals surface area (Å²) in [5.74, 6) is 0.267. The molecule has 0 atom stereocenters. The number of carbonyl (C=O) groups is 1. The maximum atomic E-state index is 12.5. The molecule has 0 fully saturated rings. The average molecular weight is 387 g/mol. The number of nitrogens with one attached hydrogen (secondary N) is 1. The second-order valence-electron chi connectivity index (χ2n) is 6.40. The third-order valence-corrected chi connectivity index (χ3v) is 4.36. The molecule has 1 N–H and O–H groups in total. The van der Waals surface area contributed by atoms with Crippen molar-refractivity contribution in [1.82, 2.24) is 0 Å². The number of aryl methyl sites for hydroxylation is 2. The second kappa shape index (κ2) is 8.23. The first kappa shape index (κ1) is 19.6. The first-order valence-corrected chi connectivity index (χ1v) is 8.73. The highest BCUT2D eigenvalue weighted by atomic mass is 16.6. The van der Waals surface area contributed by atoms with Crippen LogP contribution in [0.3, 0.4) is 0 Å². The lowest BCUT2D eigenvalue weighted by Gasteiger charge is -2.10. The first-order valence-electron chi connectivity index (χ1n) is 8.73. The SMILES string of the molecule is Cc1cccc(C)c1NC(=O)C(C#N)=Cc1ccc(-c2ccc([N+](=O)[O-])cc2)o1. The molecule has 0 saturated carbocycles. The topological polar surface area (TPSA) is 109 Å². The Morgan fingerprint density at radius 1 is 1.10 bits per heavy atom. The maximum Gasteiger partial charge on any atom is 0.269 e. The van der Waals surface area contributed by atoms with Crippen molar-refractivity contribution in [3.8, 4) is 17.4 Å². The number of benzene rings is 2. The molecule has 0 unspecified atom stereocenters. The summed E-state index contributed by atoms with van der Waals surface area (Å²) in [6.45, 7) is 3.75. The molecular weight excluding hydrogens is 370 g/mol. The minimum atomic E-state index is -0.529. The van der Waals surface area contributed by atoms with Crippen LogP contribution in [0, 0.1) is 35.3 Å². The fourth-order valence-corrected chi connectivity index (χ4v) is 2.82. The quantitative estimate of drug-likeness (QED) is 0.286. The van der Waals surface area contributed by atoms with Crippen LogP contribution in [0.2, 0.25) is 0 Å². The third kappa shape index (κ3) is 4.39. The van der Waals surface area contributed by atoms with Crippen molar-refractivity contribution in [2.45, 2.75) is 13.8 Å². The van der Waals surface area contributed by atoms with Crippen molar-refractivity contribution < 1.29 is 14.1 Å². The molecule has 3 rings (SSSR count). The third-order valence-electron chi connectivity index (χ3n) is 4.36. The molecular formula is C22H17N3O4. The van der Waals surface area contributed by atoms with Gasteiger partial charge in [-0.2, -0.15) is 5.26 Å². The molecule has 29 heavy (non-hydrogen) atoms. The van der Waals surface area contributed by atoms with E-state index < -0.39 is 10.8 Å². The molecule has 1 aromatic heterocycles. The fraction of sp³-hybridized carbons (Fsp3) is 0.0909. The number of non-ortho nitro benzene ring substituents is 1. The van der Waals surface area contributed by atoms with Gasteiger partial charge >= 0.3 is 0 Å².